The third kappa shape index (κ3) is 3.85. The second-order valence-corrected chi connectivity index (χ2v) is 7.07. The van der Waals surface area contributed by atoms with Gasteiger partial charge in [0.25, 0.3) is 0 Å². The molecule has 2 rings (SSSR count). The molecule has 0 aromatic carbocycles. The molecule has 1 fully saturated rings. The molecule has 2 unspecified atom stereocenters. The minimum Gasteiger partial charge on any atom is -0.480 e. The van der Waals surface area contributed by atoms with E-state index in [9.17, 15) is 14.7 Å². The maximum Gasteiger partial charge on any atom is 0.327 e. The summed E-state index contributed by atoms with van der Waals surface area (Å²) in [7, 11) is 0. The largest absolute Gasteiger partial charge is 0.480 e. The molecule has 1 N–H and O–H groups in total. The SMILES string of the molecule is CCCC1SCC(C(=O)O)N1C(=O)C=Cc1csc(C)n1. The van der Waals surface area contributed by atoms with E-state index < -0.39 is 12.0 Å². The number of rotatable bonds is 5. The Hall–Kier alpha value is -1.34. The lowest BCUT2D eigenvalue weighted by Gasteiger charge is -2.25. The zero-order valence-corrected chi connectivity index (χ0v) is 13.6. The monoisotopic (exact) mass is 326 g/mol. The third-order valence-electron chi connectivity index (χ3n) is 3.20. The summed E-state index contributed by atoms with van der Waals surface area (Å²) >= 11 is 3.06. The van der Waals surface area contributed by atoms with E-state index in [1.165, 1.54) is 22.3 Å². The lowest BCUT2D eigenvalue weighted by molar-refractivity contribution is -0.147. The molecule has 114 valence electrons. The summed E-state index contributed by atoms with van der Waals surface area (Å²) in [5.74, 6) is -0.737. The van der Waals surface area contributed by atoms with E-state index in [1.54, 1.807) is 17.8 Å². The van der Waals surface area contributed by atoms with Crippen molar-refractivity contribution >= 4 is 41.1 Å². The van der Waals surface area contributed by atoms with Crippen molar-refractivity contribution in [1.82, 2.24) is 9.88 Å². The van der Waals surface area contributed by atoms with E-state index in [1.807, 2.05) is 19.2 Å². The number of nitrogens with zero attached hydrogens (tertiary/aromatic N) is 2. The van der Waals surface area contributed by atoms with Gasteiger partial charge in [-0.3, -0.25) is 4.79 Å². The molecule has 21 heavy (non-hydrogen) atoms. The minimum absolute atomic E-state index is 0.0505. The molecule has 0 saturated carbocycles. The molecule has 1 aliphatic heterocycles. The molecule has 1 saturated heterocycles. The van der Waals surface area contributed by atoms with Gasteiger partial charge in [-0.05, 0) is 19.4 Å². The first-order valence-electron chi connectivity index (χ1n) is 6.79. The summed E-state index contributed by atoms with van der Waals surface area (Å²) < 4.78 is 0. The smallest absolute Gasteiger partial charge is 0.327 e. The van der Waals surface area contributed by atoms with Gasteiger partial charge in [-0.1, -0.05) is 13.3 Å². The van der Waals surface area contributed by atoms with Crippen LogP contribution in [0.25, 0.3) is 6.08 Å². The number of amides is 1. The molecule has 1 amide bonds. The summed E-state index contributed by atoms with van der Waals surface area (Å²) in [4.78, 5) is 29.4. The molecule has 1 aromatic heterocycles. The summed E-state index contributed by atoms with van der Waals surface area (Å²) in [6, 6.07) is -0.735. The first-order chi connectivity index (χ1) is 10.0. The van der Waals surface area contributed by atoms with Crippen molar-refractivity contribution in [3.8, 4) is 0 Å². The highest BCUT2D eigenvalue weighted by atomic mass is 32.2. The fraction of sp³-hybridized carbons (Fsp3) is 0.500. The van der Waals surface area contributed by atoms with Crippen molar-refractivity contribution in [3.63, 3.8) is 0 Å². The number of hydrogen-bond donors (Lipinski definition) is 1. The maximum absolute atomic E-state index is 12.4. The van der Waals surface area contributed by atoms with Crippen LogP contribution in [0.2, 0.25) is 0 Å². The molecule has 2 heterocycles. The Labute approximate surface area is 132 Å². The Kier molecular flexibility index (Phi) is 5.41. The number of thiazole rings is 1. The van der Waals surface area contributed by atoms with E-state index in [4.69, 9.17) is 0 Å². The van der Waals surface area contributed by atoms with Crippen LogP contribution in [-0.2, 0) is 9.59 Å². The van der Waals surface area contributed by atoms with Crippen LogP contribution < -0.4 is 0 Å². The first kappa shape index (κ1) is 16.0. The van der Waals surface area contributed by atoms with Crippen LogP contribution in [0.1, 0.15) is 30.5 Å². The Morgan fingerprint density at radius 2 is 2.33 bits per heavy atom. The highest BCUT2D eigenvalue weighted by molar-refractivity contribution is 8.00. The molecule has 0 bridgehead atoms. The number of carboxylic acid groups (broad SMARTS) is 1. The van der Waals surface area contributed by atoms with E-state index in [0.717, 1.165) is 23.5 Å². The molecule has 2 atom stereocenters. The number of carboxylic acids is 1. The van der Waals surface area contributed by atoms with Crippen LogP contribution >= 0.6 is 23.1 Å². The van der Waals surface area contributed by atoms with Crippen molar-refractivity contribution in [2.24, 2.45) is 0 Å². The quantitative estimate of drug-likeness (QED) is 0.842. The normalized spacial score (nSPS) is 22.1. The molecule has 7 heteroatoms. The summed E-state index contributed by atoms with van der Waals surface area (Å²) in [5, 5.41) is 12.0. The predicted molar refractivity (Wildman–Crippen MR) is 85.3 cm³/mol. The van der Waals surface area contributed by atoms with Crippen LogP contribution in [0, 0.1) is 6.92 Å². The van der Waals surface area contributed by atoms with Gasteiger partial charge in [-0.25, -0.2) is 9.78 Å². The summed E-state index contributed by atoms with van der Waals surface area (Å²) in [5.41, 5.74) is 0.733. The van der Waals surface area contributed by atoms with Crippen LogP contribution in [-0.4, -0.2) is 44.0 Å². The molecule has 0 radical (unpaired) electrons. The van der Waals surface area contributed by atoms with Crippen molar-refractivity contribution in [1.29, 1.82) is 0 Å². The number of thioether (sulfide) groups is 1. The van der Waals surface area contributed by atoms with Gasteiger partial charge < -0.3 is 10.0 Å². The zero-order chi connectivity index (χ0) is 15.4. The lowest BCUT2D eigenvalue weighted by atomic mass is 10.2. The highest BCUT2D eigenvalue weighted by Crippen LogP contribution is 2.32. The predicted octanol–water partition coefficient (Wildman–Crippen LogP) is 2.62. The van der Waals surface area contributed by atoms with Crippen molar-refractivity contribution < 1.29 is 14.7 Å². The van der Waals surface area contributed by atoms with Gasteiger partial charge in [-0.2, -0.15) is 0 Å². The molecule has 5 nitrogen and oxygen atoms in total. The van der Waals surface area contributed by atoms with Crippen LogP contribution in [0.5, 0.6) is 0 Å². The zero-order valence-electron chi connectivity index (χ0n) is 12.0. The van der Waals surface area contributed by atoms with E-state index in [2.05, 4.69) is 4.98 Å². The molecule has 0 spiro atoms. The fourth-order valence-corrected chi connectivity index (χ4v) is 4.32. The van der Waals surface area contributed by atoms with Gasteiger partial charge >= 0.3 is 5.97 Å². The summed E-state index contributed by atoms with van der Waals surface area (Å²) in [6.07, 6.45) is 4.81. The maximum atomic E-state index is 12.4. The van der Waals surface area contributed by atoms with Gasteiger partial charge in [0, 0.05) is 17.2 Å². The summed E-state index contributed by atoms with van der Waals surface area (Å²) in [6.45, 7) is 3.93. The molecule has 0 aliphatic carbocycles. The van der Waals surface area contributed by atoms with E-state index in [-0.39, 0.29) is 11.3 Å². The van der Waals surface area contributed by atoms with Crippen molar-refractivity contribution in [3.05, 3.63) is 22.2 Å². The van der Waals surface area contributed by atoms with Gasteiger partial charge in [0.05, 0.1) is 16.1 Å². The third-order valence-corrected chi connectivity index (χ3v) is 5.35. The number of aromatic nitrogens is 1. The standard InChI is InChI=1S/C14H18N2O3S2/c1-3-4-13-16(11(8-21-13)14(18)19)12(17)6-5-10-7-20-9(2)15-10/h5-7,11,13H,3-4,8H2,1-2H3,(H,18,19). The van der Waals surface area contributed by atoms with E-state index in [0.29, 0.717) is 5.75 Å². The Bertz CT molecular complexity index is 556. The lowest BCUT2D eigenvalue weighted by Crippen LogP contribution is -2.44. The molecular weight excluding hydrogens is 308 g/mol. The van der Waals surface area contributed by atoms with Gasteiger partial charge in [0.2, 0.25) is 5.91 Å². The first-order valence-corrected chi connectivity index (χ1v) is 8.72. The average molecular weight is 326 g/mol. The molecule has 1 aliphatic rings. The van der Waals surface area contributed by atoms with Gasteiger partial charge in [-0.15, -0.1) is 23.1 Å². The second kappa shape index (κ2) is 7.09. The number of hydrogen-bond acceptors (Lipinski definition) is 5. The van der Waals surface area contributed by atoms with Gasteiger partial charge in [0.15, 0.2) is 0 Å². The van der Waals surface area contributed by atoms with E-state index >= 15 is 0 Å². The second-order valence-electron chi connectivity index (χ2n) is 4.80. The van der Waals surface area contributed by atoms with Crippen LogP contribution in [0.3, 0.4) is 0 Å². The number of aliphatic carboxylic acids is 1. The Morgan fingerprint density at radius 3 is 2.90 bits per heavy atom. The minimum atomic E-state index is -0.938. The number of aryl methyl sites for hydroxylation is 1. The number of carbonyl (C=O) groups is 2. The van der Waals surface area contributed by atoms with Crippen molar-refractivity contribution in [2.45, 2.75) is 38.1 Å². The average Bonchev–Trinajstić information content (AvgIpc) is 3.03. The molecular formula is C14H18N2O3S2. The van der Waals surface area contributed by atoms with Gasteiger partial charge in [0.1, 0.15) is 6.04 Å². The number of carbonyl (C=O) groups excluding carboxylic acids is 1. The topological polar surface area (TPSA) is 70.5 Å². The van der Waals surface area contributed by atoms with Crippen molar-refractivity contribution in [2.75, 3.05) is 5.75 Å². The Balaban J connectivity index is 2.12. The Morgan fingerprint density at radius 1 is 1.57 bits per heavy atom. The van der Waals surface area contributed by atoms with Crippen LogP contribution in [0.15, 0.2) is 11.5 Å². The fourth-order valence-electron chi connectivity index (χ4n) is 2.22. The highest BCUT2D eigenvalue weighted by Gasteiger charge is 2.40. The van der Waals surface area contributed by atoms with Crippen LogP contribution in [0.4, 0.5) is 0 Å². The molecule has 1 aromatic rings.